The molecule has 0 aliphatic heterocycles. The Balaban J connectivity index is 1.91. The summed E-state index contributed by atoms with van der Waals surface area (Å²) >= 11 is 0. The number of fused-ring (bicyclic) bond motifs is 1. The molecule has 0 saturated heterocycles. The molecule has 2 atom stereocenters. The summed E-state index contributed by atoms with van der Waals surface area (Å²) in [5, 5.41) is 10.4. The number of methoxy groups -OCH3 is 1. The number of hydrogen-bond donors (Lipinski definition) is 1. The first-order valence-corrected chi connectivity index (χ1v) is 5.92. The molecule has 92 valence electrons. The SMILES string of the molecule is COc1nccnc1C(O)C1Cc2ccccc21. The van der Waals surface area contributed by atoms with Crippen molar-refractivity contribution in [3.63, 3.8) is 0 Å². The maximum atomic E-state index is 10.4. The van der Waals surface area contributed by atoms with Crippen LogP contribution in [0.5, 0.6) is 5.88 Å². The minimum absolute atomic E-state index is 0.0896. The summed E-state index contributed by atoms with van der Waals surface area (Å²) in [6.07, 6.45) is 3.34. The van der Waals surface area contributed by atoms with Crippen molar-refractivity contribution < 1.29 is 9.84 Å². The molecule has 1 N–H and O–H groups in total. The smallest absolute Gasteiger partial charge is 0.238 e. The third-order valence-corrected chi connectivity index (χ3v) is 3.44. The Morgan fingerprint density at radius 2 is 2.06 bits per heavy atom. The van der Waals surface area contributed by atoms with Gasteiger partial charge in [0.1, 0.15) is 11.8 Å². The van der Waals surface area contributed by atoms with Crippen LogP contribution in [0, 0.1) is 0 Å². The van der Waals surface area contributed by atoms with Crippen LogP contribution >= 0.6 is 0 Å². The van der Waals surface area contributed by atoms with Gasteiger partial charge in [-0.15, -0.1) is 0 Å². The molecule has 0 bridgehead atoms. The van der Waals surface area contributed by atoms with Crippen molar-refractivity contribution in [3.8, 4) is 5.88 Å². The number of aliphatic hydroxyl groups is 1. The van der Waals surface area contributed by atoms with Crippen molar-refractivity contribution in [2.24, 2.45) is 0 Å². The van der Waals surface area contributed by atoms with Crippen LogP contribution in [0.3, 0.4) is 0 Å². The van der Waals surface area contributed by atoms with E-state index in [1.165, 1.54) is 18.2 Å². The van der Waals surface area contributed by atoms with Crippen LogP contribution in [0.1, 0.15) is 28.8 Å². The zero-order chi connectivity index (χ0) is 12.5. The molecule has 2 unspecified atom stereocenters. The molecule has 1 heterocycles. The second-order valence-electron chi connectivity index (χ2n) is 4.41. The van der Waals surface area contributed by atoms with E-state index >= 15 is 0 Å². The van der Waals surface area contributed by atoms with Crippen LogP contribution in [0.15, 0.2) is 36.7 Å². The van der Waals surface area contributed by atoms with Gasteiger partial charge in [-0.1, -0.05) is 24.3 Å². The topological polar surface area (TPSA) is 55.2 Å². The lowest BCUT2D eigenvalue weighted by Crippen LogP contribution is -2.24. The molecule has 0 spiro atoms. The van der Waals surface area contributed by atoms with Gasteiger partial charge in [0.15, 0.2) is 0 Å². The molecular formula is C14H14N2O2. The fourth-order valence-corrected chi connectivity index (χ4v) is 2.47. The Labute approximate surface area is 105 Å². The molecule has 18 heavy (non-hydrogen) atoms. The number of ether oxygens (including phenoxy) is 1. The van der Waals surface area contributed by atoms with Gasteiger partial charge in [0.2, 0.25) is 5.88 Å². The van der Waals surface area contributed by atoms with Crippen molar-refractivity contribution >= 4 is 0 Å². The van der Waals surface area contributed by atoms with Crippen molar-refractivity contribution in [1.29, 1.82) is 0 Å². The summed E-state index contributed by atoms with van der Waals surface area (Å²) in [6.45, 7) is 0. The Bertz CT molecular complexity index is 571. The summed E-state index contributed by atoms with van der Waals surface area (Å²) < 4.78 is 5.14. The van der Waals surface area contributed by atoms with E-state index in [0.717, 1.165) is 6.42 Å². The van der Waals surface area contributed by atoms with Crippen LogP contribution in [-0.4, -0.2) is 22.2 Å². The van der Waals surface area contributed by atoms with E-state index in [-0.39, 0.29) is 5.92 Å². The standard InChI is InChI=1S/C14H14N2O2/c1-18-14-12(15-6-7-16-14)13(17)11-8-9-4-2-3-5-10(9)11/h2-7,11,13,17H,8H2,1H3. The number of aromatic nitrogens is 2. The lowest BCUT2D eigenvalue weighted by Gasteiger charge is -2.33. The molecule has 0 radical (unpaired) electrons. The first kappa shape index (κ1) is 11.2. The predicted molar refractivity (Wildman–Crippen MR) is 66.4 cm³/mol. The zero-order valence-electron chi connectivity index (χ0n) is 10.1. The molecule has 1 aliphatic rings. The normalized spacial score (nSPS) is 18.7. The van der Waals surface area contributed by atoms with Crippen molar-refractivity contribution in [2.75, 3.05) is 7.11 Å². The molecular weight excluding hydrogens is 228 g/mol. The van der Waals surface area contributed by atoms with Gasteiger partial charge in [0, 0.05) is 18.3 Å². The van der Waals surface area contributed by atoms with E-state index in [4.69, 9.17) is 4.74 Å². The maximum Gasteiger partial charge on any atom is 0.238 e. The van der Waals surface area contributed by atoms with Gasteiger partial charge in [-0.05, 0) is 17.5 Å². The Kier molecular flexibility index (Phi) is 2.72. The third-order valence-electron chi connectivity index (χ3n) is 3.44. The van der Waals surface area contributed by atoms with E-state index in [0.29, 0.717) is 11.6 Å². The Morgan fingerprint density at radius 3 is 2.83 bits per heavy atom. The van der Waals surface area contributed by atoms with Crippen molar-refractivity contribution in [3.05, 3.63) is 53.5 Å². The van der Waals surface area contributed by atoms with E-state index < -0.39 is 6.10 Å². The lowest BCUT2D eigenvalue weighted by molar-refractivity contribution is 0.125. The van der Waals surface area contributed by atoms with Gasteiger partial charge in [0.25, 0.3) is 0 Å². The second kappa shape index (κ2) is 4.38. The van der Waals surface area contributed by atoms with Crippen LogP contribution in [0.2, 0.25) is 0 Å². The zero-order valence-corrected chi connectivity index (χ0v) is 10.1. The quantitative estimate of drug-likeness (QED) is 0.892. The van der Waals surface area contributed by atoms with E-state index in [1.807, 2.05) is 12.1 Å². The van der Waals surface area contributed by atoms with E-state index in [2.05, 4.69) is 22.1 Å². The maximum absolute atomic E-state index is 10.4. The number of aliphatic hydroxyl groups excluding tert-OH is 1. The molecule has 3 rings (SSSR count). The first-order valence-electron chi connectivity index (χ1n) is 5.92. The van der Waals surface area contributed by atoms with Gasteiger partial charge in [-0.25, -0.2) is 4.98 Å². The number of benzene rings is 1. The molecule has 0 fully saturated rings. The predicted octanol–water partition coefficient (Wildman–Crippen LogP) is 1.86. The monoisotopic (exact) mass is 242 g/mol. The highest BCUT2D eigenvalue weighted by Gasteiger charge is 2.34. The van der Waals surface area contributed by atoms with Crippen LogP contribution < -0.4 is 4.74 Å². The molecule has 4 nitrogen and oxygen atoms in total. The number of hydrogen-bond acceptors (Lipinski definition) is 4. The fraction of sp³-hybridized carbons (Fsp3) is 0.286. The average molecular weight is 242 g/mol. The second-order valence-corrected chi connectivity index (χ2v) is 4.41. The molecule has 1 aromatic carbocycles. The largest absolute Gasteiger partial charge is 0.480 e. The van der Waals surface area contributed by atoms with Gasteiger partial charge in [0.05, 0.1) is 7.11 Å². The van der Waals surface area contributed by atoms with Gasteiger partial charge < -0.3 is 9.84 Å². The molecule has 1 aliphatic carbocycles. The van der Waals surface area contributed by atoms with Gasteiger partial charge in [-0.3, -0.25) is 4.98 Å². The average Bonchev–Trinajstić information content (AvgIpc) is 2.40. The van der Waals surface area contributed by atoms with Crippen LogP contribution in [-0.2, 0) is 6.42 Å². The fourth-order valence-electron chi connectivity index (χ4n) is 2.47. The number of rotatable bonds is 3. The Hall–Kier alpha value is -1.94. The summed E-state index contributed by atoms with van der Waals surface area (Å²) in [4.78, 5) is 8.26. The third kappa shape index (κ3) is 1.66. The van der Waals surface area contributed by atoms with Crippen molar-refractivity contribution in [1.82, 2.24) is 9.97 Å². The number of nitrogens with zero attached hydrogens (tertiary/aromatic N) is 2. The van der Waals surface area contributed by atoms with E-state index in [9.17, 15) is 5.11 Å². The Morgan fingerprint density at radius 1 is 1.28 bits per heavy atom. The van der Waals surface area contributed by atoms with Gasteiger partial charge in [-0.2, -0.15) is 0 Å². The summed E-state index contributed by atoms with van der Waals surface area (Å²) in [5.41, 5.74) is 3.00. The molecule has 2 aromatic rings. The highest BCUT2D eigenvalue weighted by Crippen LogP contribution is 2.44. The highest BCUT2D eigenvalue weighted by atomic mass is 16.5. The highest BCUT2D eigenvalue weighted by molar-refractivity contribution is 5.42. The van der Waals surface area contributed by atoms with E-state index in [1.54, 1.807) is 12.4 Å². The first-order chi connectivity index (χ1) is 8.81. The molecule has 1 aromatic heterocycles. The minimum atomic E-state index is -0.663. The summed E-state index contributed by atoms with van der Waals surface area (Å²) in [5.74, 6) is 0.487. The van der Waals surface area contributed by atoms with Crippen LogP contribution in [0.25, 0.3) is 0 Å². The molecule has 0 saturated carbocycles. The molecule has 4 heteroatoms. The van der Waals surface area contributed by atoms with Crippen molar-refractivity contribution in [2.45, 2.75) is 18.4 Å². The minimum Gasteiger partial charge on any atom is -0.480 e. The molecule has 0 amide bonds. The summed E-state index contributed by atoms with van der Waals surface area (Å²) in [7, 11) is 1.54. The van der Waals surface area contributed by atoms with Gasteiger partial charge >= 0.3 is 0 Å². The van der Waals surface area contributed by atoms with Crippen LogP contribution in [0.4, 0.5) is 0 Å². The summed E-state index contributed by atoms with van der Waals surface area (Å²) in [6, 6.07) is 8.15. The lowest BCUT2D eigenvalue weighted by atomic mass is 9.74.